The summed E-state index contributed by atoms with van der Waals surface area (Å²) in [6.45, 7) is -0.0564. The standard InChI is InChI=1S/C7H7N4O2/c8-5-1-2-10-7(11-5)4-13-6(9)3-12/h1-2,9H,4H2,(H2,8,10,11). The quantitative estimate of drug-likeness (QED) is 0.488. The molecule has 1 rings (SSSR count). The highest BCUT2D eigenvalue weighted by atomic mass is 16.5. The third-order valence-corrected chi connectivity index (χ3v) is 1.17. The van der Waals surface area contributed by atoms with Crippen LogP contribution in [0, 0.1) is 5.41 Å². The van der Waals surface area contributed by atoms with E-state index in [1.165, 1.54) is 18.5 Å². The van der Waals surface area contributed by atoms with E-state index in [0.29, 0.717) is 11.6 Å². The summed E-state index contributed by atoms with van der Waals surface area (Å²) < 4.78 is 4.61. The highest BCUT2D eigenvalue weighted by molar-refractivity contribution is 6.22. The first-order valence-electron chi connectivity index (χ1n) is 3.39. The van der Waals surface area contributed by atoms with Crippen molar-refractivity contribution in [3.63, 3.8) is 0 Å². The fourth-order valence-corrected chi connectivity index (χ4v) is 0.651. The third-order valence-electron chi connectivity index (χ3n) is 1.17. The summed E-state index contributed by atoms with van der Waals surface area (Å²) in [7, 11) is 0. The normalized spacial score (nSPS) is 9.23. The van der Waals surface area contributed by atoms with Crippen LogP contribution in [0.25, 0.3) is 0 Å². The number of carbonyl (C=O) groups excluding carboxylic acids is 1. The number of nitrogens with zero attached hydrogens (tertiary/aromatic N) is 2. The zero-order valence-electron chi connectivity index (χ0n) is 6.65. The molecule has 1 aromatic rings. The van der Waals surface area contributed by atoms with Crippen LogP contribution in [0.2, 0.25) is 0 Å². The van der Waals surface area contributed by atoms with Gasteiger partial charge < -0.3 is 10.5 Å². The van der Waals surface area contributed by atoms with Crippen LogP contribution in [0.1, 0.15) is 5.82 Å². The van der Waals surface area contributed by atoms with Gasteiger partial charge in [-0.1, -0.05) is 0 Å². The van der Waals surface area contributed by atoms with Crippen LogP contribution < -0.4 is 5.73 Å². The average Bonchev–Trinajstić information content (AvgIpc) is 2.14. The van der Waals surface area contributed by atoms with Crippen LogP contribution in [-0.2, 0) is 16.1 Å². The molecule has 0 aromatic carbocycles. The van der Waals surface area contributed by atoms with E-state index in [0.717, 1.165) is 0 Å². The number of hydrogen-bond donors (Lipinski definition) is 2. The fourth-order valence-electron chi connectivity index (χ4n) is 0.651. The van der Waals surface area contributed by atoms with Crippen molar-refractivity contribution in [1.29, 1.82) is 5.41 Å². The third kappa shape index (κ3) is 2.86. The van der Waals surface area contributed by atoms with Crippen molar-refractivity contribution in [1.82, 2.24) is 9.97 Å². The number of nitrogen functional groups attached to an aromatic ring is 1. The van der Waals surface area contributed by atoms with Gasteiger partial charge in [0, 0.05) is 6.20 Å². The Morgan fingerprint density at radius 2 is 2.54 bits per heavy atom. The van der Waals surface area contributed by atoms with Crippen LogP contribution >= 0.6 is 0 Å². The van der Waals surface area contributed by atoms with Crippen molar-refractivity contribution in [2.45, 2.75) is 6.61 Å². The molecule has 0 aliphatic carbocycles. The second kappa shape index (κ2) is 4.15. The molecule has 0 saturated heterocycles. The van der Waals surface area contributed by atoms with Crippen LogP contribution in [0.15, 0.2) is 12.3 Å². The average molecular weight is 179 g/mol. The predicted octanol–water partition coefficient (Wildman–Crippen LogP) is -0.338. The summed E-state index contributed by atoms with van der Waals surface area (Å²) in [6, 6.07) is 1.53. The first-order chi connectivity index (χ1) is 6.22. The van der Waals surface area contributed by atoms with Gasteiger partial charge in [0.2, 0.25) is 0 Å². The predicted molar refractivity (Wildman–Crippen MR) is 44.7 cm³/mol. The molecule has 1 aromatic heterocycles. The van der Waals surface area contributed by atoms with Crippen LogP contribution in [0.5, 0.6) is 0 Å². The summed E-state index contributed by atoms with van der Waals surface area (Å²) in [5, 5.41) is 6.81. The van der Waals surface area contributed by atoms with Gasteiger partial charge >= 0.3 is 0 Å². The molecule has 3 N–H and O–H groups in total. The Bertz CT molecular complexity index is 326. The number of hydrogen-bond acceptors (Lipinski definition) is 6. The Morgan fingerprint density at radius 3 is 3.15 bits per heavy atom. The Morgan fingerprint density at radius 1 is 1.77 bits per heavy atom. The maximum atomic E-state index is 9.85. The van der Waals surface area contributed by atoms with Gasteiger partial charge in [0.1, 0.15) is 12.4 Å². The Labute approximate surface area is 74.3 Å². The zero-order chi connectivity index (χ0) is 9.68. The monoisotopic (exact) mass is 179 g/mol. The van der Waals surface area contributed by atoms with Gasteiger partial charge in [-0.15, -0.1) is 0 Å². The van der Waals surface area contributed by atoms with Gasteiger partial charge in [0.15, 0.2) is 5.82 Å². The molecule has 0 saturated carbocycles. The molecule has 0 unspecified atom stereocenters. The van der Waals surface area contributed by atoms with Gasteiger partial charge in [0.05, 0.1) is 0 Å². The van der Waals surface area contributed by atoms with Crippen LogP contribution in [-0.4, -0.2) is 22.2 Å². The lowest BCUT2D eigenvalue weighted by molar-refractivity contribution is 0.284. The minimum atomic E-state index is -0.578. The van der Waals surface area contributed by atoms with Crippen molar-refractivity contribution < 1.29 is 9.53 Å². The van der Waals surface area contributed by atoms with Crippen LogP contribution in [0.3, 0.4) is 0 Å². The van der Waals surface area contributed by atoms with Crippen molar-refractivity contribution >= 4 is 18.0 Å². The first-order valence-corrected chi connectivity index (χ1v) is 3.39. The number of nitrogens with one attached hydrogen (secondary N) is 1. The number of anilines is 1. The Hall–Kier alpha value is -1.98. The highest BCUT2D eigenvalue weighted by Gasteiger charge is 2.00. The van der Waals surface area contributed by atoms with E-state index in [1.54, 1.807) is 0 Å². The van der Waals surface area contributed by atoms with Gasteiger partial charge in [0.25, 0.3) is 12.2 Å². The molecule has 1 radical (unpaired) electrons. The largest absolute Gasteiger partial charge is 0.467 e. The number of rotatable bonds is 3. The molecule has 0 amide bonds. The SMILES string of the molecule is N=C([C]=O)OCc1nccc(N)n1. The van der Waals surface area contributed by atoms with E-state index < -0.39 is 5.90 Å². The minimum absolute atomic E-state index is 0.0564. The first kappa shape index (κ1) is 9.11. The summed E-state index contributed by atoms with van der Waals surface area (Å²) in [5.74, 6) is 0.0567. The van der Waals surface area contributed by atoms with Crippen molar-refractivity contribution in [2.24, 2.45) is 0 Å². The maximum Gasteiger partial charge on any atom is 0.292 e. The second-order valence-corrected chi connectivity index (χ2v) is 2.12. The second-order valence-electron chi connectivity index (χ2n) is 2.12. The molecule has 0 atom stereocenters. The fraction of sp³-hybridized carbons (Fsp3) is 0.143. The lowest BCUT2D eigenvalue weighted by atomic mass is 10.5. The minimum Gasteiger partial charge on any atom is -0.467 e. The summed E-state index contributed by atoms with van der Waals surface area (Å²) >= 11 is 0. The number of nitrogens with two attached hydrogens (primary N) is 1. The zero-order valence-corrected chi connectivity index (χ0v) is 6.65. The molecule has 0 aliphatic heterocycles. The molecule has 67 valence electrons. The maximum absolute atomic E-state index is 9.85. The summed E-state index contributed by atoms with van der Waals surface area (Å²) in [4.78, 5) is 17.5. The molecule has 1 heterocycles. The van der Waals surface area contributed by atoms with Crippen LogP contribution in [0.4, 0.5) is 5.82 Å². The van der Waals surface area contributed by atoms with E-state index in [2.05, 4.69) is 14.7 Å². The summed E-state index contributed by atoms with van der Waals surface area (Å²) in [6.07, 6.45) is 2.74. The van der Waals surface area contributed by atoms with E-state index in [9.17, 15) is 4.79 Å². The number of ether oxygens (including phenoxy) is 1. The van der Waals surface area contributed by atoms with Gasteiger partial charge in [-0.25, -0.2) is 9.97 Å². The molecule has 0 aliphatic rings. The number of aromatic nitrogens is 2. The highest BCUT2D eigenvalue weighted by Crippen LogP contribution is 1.97. The lowest BCUT2D eigenvalue weighted by Gasteiger charge is -2.00. The molecule has 6 nitrogen and oxygen atoms in total. The molecule has 0 spiro atoms. The Balaban J connectivity index is 2.54. The Kier molecular flexibility index (Phi) is 2.91. The van der Waals surface area contributed by atoms with Gasteiger partial charge in [-0.2, -0.15) is 0 Å². The smallest absolute Gasteiger partial charge is 0.292 e. The van der Waals surface area contributed by atoms with E-state index in [-0.39, 0.29) is 6.61 Å². The van der Waals surface area contributed by atoms with E-state index in [1.807, 2.05) is 0 Å². The molecule has 6 heteroatoms. The van der Waals surface area contributed by atoms with Crippen molar-refractivity contribution in [3.8, 4) is 0 Å². The van der Waals surface area contributed by atoms with E-state index >= 15 is 0 Å². The lowest BCUT2D eigenvalue weighted by Crippen LogP contribution is -2.07. The van der Waals surface area contributed by atoms with Crippen molar-refractivity contribution in [3.05, 3.63) is 18.1 Å². The topological polar surface area (TPSA) is 102 Å². The molecule has 13 heavy (non-hydrogen) atoms. The van der Waals surface area contributed by atoms with Crippen molar-refractivity contribution in [2.75, 3.05) is 5.73 Å². The van der Waals surface area contributed by atoms with Gasteiger partial charge in [-0.05, 0) is 6.07 Å². The molecular formula is C7H7N4O2. The molecule has 0 bridgehead atoms. The summed E-state index contributed by atoms with van der Waals surface area (Å²) in [5.41, 5.74) is 5.36. The van der Waals surface area contributed by atoms with E-state index in [4.69, 9.17) is 11.1 Å². The van der Waals surface area contributed by atoms with Gasteiger partial charge in [-0.3, -0.25) is 10.2 Å². The molecular weight excluding hydrogens is 172 g/mol. The molecule has 0 fully saturated rings.